The summed E-state index contributed by atoms with van der Waals surface area (Å²) in [6.45, 7) is 0. The largest absolute Gasteiger partial charge is 0.505 e. The molecule has 1 rings (SSSR count). The number of aldehydes is 1. The Labute approximate surface area is 81.7 Å². The van der Waals surface area contributed by atoms with E-state index in [9.17, 15) is 13.6 Å². The molecular formula is C7H2Cl2F2O2. The Morgan fingerprint density at radius 2 is 1.54 bits per heavy atom. The third-order valence-corrected chi connectivity index (χ3v) is 2.08. The Hall–Kier alpha value is -0.870. The van der Waals surface area contributed by atoms with Gasteiger partial charge in [-0.15, -0.1) is 0 Å². The first-order valence-corrected chi connectivity index (χ1v) is 3.76. The molecule has 1 aromatic rings. The summed E-state index contributed by atoms with van der Waals surface area (Å²) in [5, 5.41) is 7.39. The third-order valence-electron chi connectivity index (χ3n) is 1.39. The minimum Gasteiger partial charge on any atom is -0.505 e. The zero-order chi connectivity index (χ0) is 10.2. The highest BCUT2D eigenvalue weighted by atomic mass is 35.5. The molecule has 0 amide bonds. The van der Waals surface area contributed by atoms with Crippen LogP contribution in [0.15, 0.2) is 0 Å². The molecule has 0 aliphatic carbocycles. The molecule has 0 spiro atoms. The Balaban J connectivity index is 3.66. The lowest BCUT2D eigenvalue weighted by atomic mass is 10.2. The summed E-state index contributed by atoms with van der Waals surface area (Å²) in [6, 6.07) is 0. The lowest BCUT2D eigenvalue weighted by Gasteiger charge is -2.04. The Morgan fingerprint density at radius 1 is 1.15 bits per heavy atom. The second kappa shape index (κ2) is 3.47. The van der Waals surface area contributed by atoms with Gasteiger partial charge in [0.2, 0.25) is 0 Å². The molecular weight excluding hydrogens is 225 g/mol. The van der Waals surface area contributed by atoms with Crippen LogP contribution in [0, 0.1) is 11.6 Å². The van der Waals surface area contributed by atoms with Gasteiger partial charge >= 0.3 is 0 Å². The van der Waals surface area contributed by atoms with Crippen molar-refractivity contribution in [1.82, 2.24) is 0 Å². The SMILES string of the molecule is O=Cc1c(F)c(Cl)c(O)c(Cl)c1F. The molecule has 13 heavy (non-hydrogen) atoms. The third kappa shape index (κ3) is 1.47. The predicted molar refractivity (Wildman–Crippen MR) is 43.4 cm³/mol. The van der Waals surface area contributed by atoms with E-state index in [4.69, 9.17) is 28.3 Å². The quantitative estimate of drug-likeness (QED) is 0.591. The fourth-order valence-electron chi connectivity index (χ4n) is 0.741. The number of benzene rings is 1. The molecule has 0 radical (unpaired) electrons. The molecule has 1 N–H and O–H groups in total. The van der Waals surface area contributed by atoms with Crippen molar-refractivity contribution >= 4 is 29.5 Å². The lowest BCUT2D eigenvalue weighted by molar-refractivity contribution is 0.111. The maximum absolute atomic E-state index is 12.9. The second-order valence-corrected chi connectivity index (χ2v) is 2.89. The van der Waals surface area contributed by atoms with Gasteiger partial charge in [-0.25, -0.2) is 8.78 Å². The summed E-state index contributed by atoms with van der Waals surface area (Å²) in [6.07, 6.45) is -0.0676. The van der Waals surface area contributed by atoms with E-state index < -0.39 is 33.0 Å². The van der Waals surface area contributed by atoms with Gasteiger partial charge in [-0.1, -0.05) is 23.2 Å². The first-order chi connectivity index (χ1) is 6.00. The zero-order valence-electron chi connectivity index (χ0n) is 5.94. The van der Waals surface area contributed by atoms with E-state index in [0.717, 1.165) is 0 Å². The number of phenols is 1. The van der Waals surface area contributed by atoms with Crippen LogP contribution in [-0.4, -0.2) is 11.4 Å². The van der Waals surface area contributed by atoms with Gasteiger partial charge in [0.25, 0.3) is 0 Å². The van der Waals surface area contributed by atoms with Crippen LogP contribution < -0.4 is 0 Å². The second-order valence-electron chi connectivity index (χ2n) is 2.14. The Morgan fingerprint density at radius 3 is 1.85 bits per heavy atom. The number of halogens is 4. The molecule has 0 saturated heterocycles. The minimum atomic E-state index is -1.32. The molecule has 0 bridgehead atoms. The van der Waals surface area contributed by atoms with E-state index in [0.29, 0.717) is 0 Å². The van der Waals surface area contributed by atoms with Crippen LogP contribution in [0.1, 0.15) is 10.4 Å². The van der Waals surface area contributed by atoms with Crippen molar-refractivity contribution in [3.63, 3.8) is 0 Å². The number of hydrogen-bond acceptors (Lipinski definition) is 2. The molecule has 6 heteroatoms. The average molecular weight is 227 g/mol. The monoisotopic (exact) mass is 226 g/mol. The standard InChI is InChI=1S/C7H2Cl2F2O2/c8-3-5(10)2(1-12)6(11)4(9)7(3)13/h1,13H. The summed E-state index contributed by atoms with van der Waals surface area (Å²) in [7, 11) is 0. The summed E-state index contributed by atoms with van der Waals surface area (Å²) >= 11 is 10.4. The number of carbonyl (C=O) groups excluding carboxylic acids is 1. The maximum Gasteiger partial charge on any atom is 0.159 e. The summed E-state index contributed by atoms with van der Waals surface area (Å²) in [4.78, 5) is 10.2. The van der Waals surface area contributed by atoms with E-state index in [1.54, 1.807) is 0 Å². The molecule has 0 heterocycles. The smallest absolute Gasteiger partial charge is 0.159 e. The molecule has 0 aromatic heterocycles. The van der Waals surface area contributed by atoms with Crippen LogP contribution in [0.5, 0.6) is 5.75 Å². The van der Waals surface area contributed by atoms with Crippen molar-refractivity contribution in [1.29, 1.82) is 0 Å². The first-order valence-electron chi connectivity index (χ1n) is 3.00. The van der Waals surface area contributed by atoms with Gasteiger partial charge < -0.3 is 5.11 Å². The van der Waals surface area contributed by atoms with Crippen LogP contribution in [0.4, 0.5) is 8.78 Å². The number of phenolic OH excluding ortho intramolecular Hbond substituents is 1. The van der Waals surface area contributed by atoms with Crippen LogP contribution in [-0.2, 0) is 0 Å². The van der Waals surface area contributed by atoms with Crippen molar-refractivity contribution < 1.29 is 18.7 Å². The van der Waals surface area contributed by atoms with Gasteiger partial charge in [0.1, 0.15) is 10.0 Å². The van der Waals surface area contributed by atoms with Gasteiger partial charge in [-0.3, -0.25) is 4.79 Å². The van der Waals surface area contributed by atoms with Gasteiger partial charge in [-0.2, -0.15) is 0 Å². The van der Waals surface area contributed by atoms with E-state index in [-0.39, 0.29) is 6.29 Å². The zero-order valence-corrected chi connectivity index (χ0v) is 7.46. The van der Waals surface area contributed by atoms with E-state index in [2.05, 4.69) is 0 Å². The number of carbonyl (C=O) groups is 1. The van der Waals surface area contributed by atoms with Crippen LogP contribution in [0.2, 0.25) is 10.0 Å². The molecule has 0 fully saturated rings. The Bertz CT molecular complexity index is 350. The fourth-order valence-corrected chi connectivity index (χ4v) is 1.18. The summed E-state index contributed by atoms with van der Waals surface area (Å²) in [5.74, 6) is -3.56. The van der Waals surface area contributed by atoms with Crippen molar-refractivity contribution in [2.75, 3.05) is 0 Å². The molecule has 70 valence electrons. The summed E-state index contributed by atoms with van der Waals surface area (Å²) < 4.78 is 25.8. The van der Waals surface area contributed by atoms with Crippen molar-refractivity contribution in [2.45, 2.75) is 0 Å². The molecule has 0 atom stereocenters. The highest BCUT2D eigenvalue weighted by molar-refractivity contribution is 6.37. The molecule has 0 aliphatic heterocycles. The van der Waals surface area contributed by atoms with Gasteiger partial charge in [0.05, 0.1) is 5.56 Å². The highest BCUT2D eigenvalue weighted by Crippen LogP contribution is 2.37. The lowest BCUT2D eigenvalue weighted by Crippen LogP contribution is -1.96. The minimum absolute atomic E-state index is 0.0676. The molecule has 1 aromatic carbocycles. The maximum atomic E-state index is 12.9. The van der Waals surface area contributed by atoms with Crippen LogP contribution in [0.3, 0.4) is 0 Å². The Kier molecular flexibility index (Phi) is 2.73. The number of rotatable bonds is 1. The molecule has 0 unspecified atom stereocenters. The highest BCUT2D eigenvalue weighted by Gasteiger charge is 2.21. The number of aromatic hydroxyl groups is 1. The normalized spacial score (nSPS) is 10.2. The van der Waals surface area contributed by atoms with Crippen molar-refractivity contribution in [3.05, 3.63) is 27.2 Å². The van der Waals surface area contributed by atoms with Crippen LogP contribution in [0.25, 0.3) is 0 Å². The van der Waals surface area contributed by atoms with Gasteiger partial charge in [0.15, 0.2) is 23.7 Å². The van der Waals surface area contributed by atoms with E-state index in [1.807, 2.05) is 0 Å². The van der Waals surface area contributed by atoms with E-state index in [1.165, 1.54) is 0 Å². The molecule has 0 saturated carbocycles. The molecule has 2 nitrogen and oxygen atoms in total. The van der Waals surface area contributed by atoms with E-state index >= 15 is 0 Å². The number of hydrogen-bond donors (Lipinski definition) is 1. The van der Waals surface area contributed by atoms with Gasteiger partial charge in [-0.05, 0) is 0 Å². The van der Waals surface area contributed by atoms with Crippen molar-refractivity contribution in [2.24, 2.45) is 0 Å². The first kappa shape index (κ1) is 10.2. The average Bonchev–Trinajstić information content (AvgIpc) is 2.13. The van der Waals surface area contributed by atoms with Gasteiger partial charge in [0, 0.05) is 0 Å². The molecule has 0 aliphatic rings. The fraction of sp³-hybridized carbons (Fsp3) is 0. The topological polar surface area (TPSA) is 37.3 Å². The van der Waals surface area contributed by atoms with Crippen LogP contribution >= 0.6 is 23.2 Å². The van der Waals surface area contributed by atoms with Crippen molar-refractivity contribution in [3.8, 4) is 5.75 Å². The predicted octanol–water partition coefficient (Wildman–Crippen LogP) is 2.79. The summed E-state index contributed by atoms with van der Waals surface area (Å²) in [5.41, 5.74) is -0.896.